The number of carboxylic acids is 1. The number of hydrogen-bond acceptors (Lipinski definition) is 5. The summed E-state index contributed by atoms with van der Waals surface area (Å²) in [4.78, 5) is 23.1. The molecule has 0 unspecified atom stereocenters. The lowest BCUT2D eigenvalue weighted by Crippen LogP contribution is -2.12. The largest absolute Gasteiger partial charge is 0.478 e. The topological polar surface area (TPSA) is 92.2 Å². The number of aliphatic carboxylic acids is 1. The number of amides is 1. The highest BCUT2D eigenvalue weighted by molar-refractivity contribution is 7.08. The van der Waals surface area contributed by atoms with E-state index in [9.17, 15) is 9.59 Å². The molecule has 7 heteroatoms. The standard InChI is InChI=1S/C14H13N3O3S/c1-2-11-13(21-17-16-11)14(20)15-10-5-3-4-9(8-10)6-7-12(18)19/h3-8H,2H2,1H3,(H,15,20)(H,18,19)/b7-6+. The van der Waals surface area contributed by atoms with Crippen molar-refractivity contribution in [2.75, 3.05) is 5.32 Å². The lowest BCUT2D eigenvalue weighted by molar-refractivity contribution is -0.131. The molecule has 0 bridgehead atoms. The van der Waals surface area contributed by atoms with E-state index in [1.54, 1.807) is 24.3 Å². The highest BCUT2D eigenvalue weighted by atomic mass is 32.1. The van der Waals surface area contributed by atoms with Crippen molar-refractivity contribution in [2.45, 2.75) is 13.3 Å². The molecular formula is C14H13N3O3S. The third-order valence-corrected chi connectivity index (χ3v) is 3.43. The lowest BCUT2D eigenvalue weighted by atomic mass is 10.2. The van der Waals surface area contributed by atoms with E-state index in [-0.39, 0.29) is 5.91 Å². The van der Waals surface area contributed by atoms with E-state index < -0.39 is 5.97 Å². The van der Waals surface area contributed by atoms with E-state index in [1.165, 1.54) is 6.08 Å². The molecule has 0 saturated heterocycles. The van der Waals surface area contributed by atoms with Crippen molar-refractivity contribution in [3.8, 4) is 0 Å². The molecule has 1 aromatic heterocycles. The number of anilines is 1. The molecule has 0 aliphatic rings. The quantitative estimate of drug-likeness (QED) is 0.828. The summed E-state index contributed by atoms with van der Waals surface area (Å²) >= 11 is 1.05. The number of carbonyl (C=O) groups excluding carboxylic acids is 1. The Hall–Kier alpha value is -2.54. The van der Waals surface area contributed by atoms with Crippen LogP contribution in [0.4, 0.5) is 5.69 Å². The first-order valence-electron chi connectivity index (χ1n) is 6.23. The van der Waals surface area contributed by atoms with Crippen LogP contribution in [-0.2, 0) is 11.2 Å². The average molecular weight is 303 g/mol. The van der Waals surface area contributed by atoms with Crippen molar-refractivity contribution in [3.05, 3.63) is 46.5 Å². The summed E-state index contributed by atoms with van der Waals surface area (Å²) in [6.07, 6.45) is 3.15. The zero-order valence-corrected chi connectivity index (χ0v) is 12.1. The van der Waals surface area contributed by atoms with Gasteiger partial charge < -0.3 is 10.4 Å². The van der Waals surface area contributed by atoms with E-state index in [2.05, 4.69) is 14.9 Å². The molecule has 21 heavy (non-hydrogen) atoms. The molecule has 1 aromatic carbocycles. The molecule has 1 heterocycles. The SMILES string of the molecule is CCc1nnsc1C(=O)Nc1cccc(/C=C/C(=O)O)c1. The number of hydrogen-bond donors (Lipinski definition) is 2. The van der Waals surface area contributed by atoms with Gasteiger partial charge in [0.25, 0.3) is 5.91 Å². The monoisotopic (exact) mass is 303 g/mol. The van der Waals surface area contributed by atoms with Crippen LogP contribution in [0, 0.1) is 0 Å². The van der Waals surface area contributed by atoms with E-state index in [4.69, 9.17) is 5.11 Å². The Labute approximate surface area is 125 Å². The second-order valence-corrected chi connectivity index (χ2v) is 4.91. The predicted molar refractivity (Wildman–Crippen MR) is 80.4 cm³/mol. The van der Waals surface area contributed by atoms with Crippen molar-refractivity contribution in [2.24, 2.45) is 0 Å². The van der Waals surface area contributed by atoms with Gasteiger partial charge in [-0.3, -0.25) is 4.79 Å². The van der Waals surface area contributed by atoms with Crippen LogP contribution in [0.25, 0.3) is 6.08 Å². The Morgan fingerprint density at radius 1 is 1.43 bits per heavy atom. The zero-order valence-electron chi connectivity index (χ0n) is 11.2. The second-order valence-electron chi connectivity index (χ2n) is 4.15. The lowest BCUT2D eigenvalue weighted by Gasteiger charge is -2.05. The molecule has 2 N–H and O–H groups in total. The normalized spacial score (nSPS) is 10.7. The third-order valence-electron chi connectivity index (χ3n) is 2.66. The Morgan fingerprint density at radius 3 is 2.95 bits per heavy atom. The maximum Gasteiger partial charge on any atom is 0.328 e. The van der Waals surface area contributed by atoms with Crippen LogP contribution in [-0.4, -0.2) is 26.6 Å². The first kappa shape index (κ1) is 14.9. The van der Waals surface area contributed by atoms with Gasteiger partial charge in [-0.15, -0.1) is 5.10 Å². The van der Waals surface area contributed by atoms with Gasteiger partial charge in [0, 0.05) is 11.8 Å². The van der Waals surface area contributed by atoms with Crippen LogP contribution >= 0.6 is 11.5 Å². The van der Waals surface area contributed by atoms with Gasteiger partial charge in [0.15, 0.2) is 0 Å². The van der Waals surface area contributed by atoms with Gasteiger partial charge in [0.1, 0.15) is 4.88 Å². The van der Waals surface area contributed by atoms with Crippen molar-refractivity contribution in [3.63, 3.8) is 0 Å². The Balaban J connectivity index is 2.14. The van der Waals surface area contributed by atoms with Crippen molar-refractivity contribution in [1.29, 1.82) is 0 Å². The van der Waals surface area contributed by atoms with Crippen LogP contribution < -0.4 is 5.32 Å². The maximum atomic E-state index is 12.1. The summed E-state index contributed by atoms with van der Waals surface area (Å²) < 4.78 is 3.78. The van der Waals surface area contributed by atoms with Crippen molar-refractivity contribution in [1.82, 2.24) is 9.59 Å². The number of aromatic nitrogens is 2. The molecule has 0 saturated carbocycles. The molecule has 1 amide bonds. The number of nitrogens with zero attached hydrogens (tertiary/aromatic N) is 2. The Morgan fingerprint density at radius 2 is 2.24 bits per heavy atom. The molecule has 0 radical (unpaired) electrons. The molecule has 0 fully saturated rings. The van der Waals surface area contributed by atoms with E-state index >= 15 is 0 Å². The predicted octanol–water partition coefficient (Wildman–Crippen LogP) is 2.45. The molecule has 0 aliphatic heterocycles. The fourth-order valence-electron chi connectivity index (χ4n) is 1.69. The summed E-state index contributed by atoms with van der Waals surface area (Å²) in [5.74, 6) is -1.28. The molecule has 6 nitrogen and oxygen atoms in total. The molecule has 0 atom stereocenters. The molecular weight excluding hydrogens is 290 g/mol. The van der Waals surface area contributed by atoms with Gasteiger partial charge in [0.05, 0.1) is 5.69 Å². The van der Waals surface area contributed by atoms with Gasteiger partial charge in [-0.2, -0.15) is 0 Å². The molecule has 2 rings (SSSR count). The third kappa shape index (κ3) is 3.96. The summed E-state index contributed by atoms with van der Waals surface area (Å²) in [7, 11) is 0. The molecule has 0 spiro atoms. The van der Waals surface area contributed by atoms with E-state index in [0.717, 1.165) is 17.6 Å². The van der Waals surface area contributed by atoms with Gasteiger partial charge in [-0.1, -0.05) is 23.5 Å². The minimum atomic E-state index is -1.02. The number of rotatable bonds is 5. The molecule has 108 valence electrons. The summed E-state index contributed by atoms with van der Waals surface area (Å²) in [5, 5.41) is 15.3. The maximum absolute atomic E-state index is 12.1. The number of carbonyl (C=O) groups is 2. The van der Waals surface area contributed by atoms with Crippen molar-refractivity contribution >= 4 is 35.2 Å². The van der Waals surface area contributed by atoms with Crippen molar-refractivity contribution < 1.29 is 14.7 Å². The van der Waals surface area contributed by atoms with Gasteiger partial charge in [-0.25, -0.2) is 4.79 Å². The van der Waals surface area contributed by atoms with Crippen LogP contribution in [0.15, 0.2) is 30.3 Å². The number of carboxylic acid groups (broad SMARTS) is 1. The molecule has 0 aliphatic carbocycles. The van der Waals surface area contributed by atoms with E-state index in [1.807, 2.05) is 6.92 Å². The van der Waals surface area contributed by atoms with Gasteiger partial charge in [-0.05, 0) is 41.7 Å². The minimum absolute atomic E-state index is 0.263. The van der Waals surface area contributed by atoms with Crippen LogP contribution in [0.3, 0.4) is 0 Å². The fraction of sp³-hybridized carbons (Fsp3) is 0.143. The highest BCUT2D eigenvalue weighted by Gasteiger charge is 2.14. The van der Waals surface area contributed by atoms with Gasteiger partial charge >= 0.3 is 5.97 Å². The summed E-state index contributed by atoms with van der Waals surface area (Å²) in [6, 6.07) is 6.91. The molecule has 2 aromatic rings. The summed E-state index contributed by atoms with van der Waals surface area (Å²) in [5.41, 5.74) is 1.94. The summed E-state index contributed by atoms with van der Waals surface area (Å²) in [6.45, 7) is 1.91. The average Bonchev–Trinajstić information content (AvgIpc) is 2.94. The smallest absolute Gasteiger partial charge is 0.328 e. The minimum Gasteiger partial charge on any atom is -0.478 e. The zero-order chi connectivity index (χ0) is 15.2. The number of nitrogens with one attached hydrogen (secondary N) is 1. The highest BCUT2D eigenvalue weighted by Crippen LogP contribution is 2.16. The fourth-order valence-corrected chi connectivity index (χ4v) is 2.33. The number of benzene rings is 1. The first-order chi connectivity index (χ1) is 10.1. The number of aryl methyl sites for hydroxylation is 1. The first-order valence-corrected chi connectivity index (χ1v) is 7.01. The van der Waals surface area contributed by atoms with E-state index in [0.29, 0.717) is 28.2 Å². The van der Waals surface area contributed by atoms with Crippen LogP contribution in [0.1, 0.15) is 27.9 Å². The second kappa shape index (κ2) is 6.76. The van der Waals surface area contributed by atoms with Gasteiger partial charge in [0.2, 0.25) is 0 Å². The Kier molecular flexibility index (Phi) is 4.78. The van der Waals surface area contributed by atoms with Crippen LogP contribution in [0.5, 0.6) is 0 Å². The Bertz CT molecular complexity index is 694. The van der Waals surface area contributed by atoms with Crippen LogP contribution in [0.2, 0.25) is 0 Å².